The lowest BCUT2D eigenvalue weighted by molar-refractivity contribution is -0.140. The first kappa shape index (κ1) is 22.3. The first-order valence-corrected chi connectivity index (χ1v) is 11.0. The average Bonchev–Trinajstić information content (AvgIpc) is 2.71. The van der Waals surface area contributed by atoms with Crippen LogP contribution in [-0.4, -0.2) is 35.1 Å². The van der Waals surface area contributed by atoms with E-state index in [2.05, 4.69) is 17.4 Å². The highest BCUT2D eigenvalue weighted by atomic mass is 35.5. The second-order valence-corrected chi connectivity index (χ2v) is 8.05. The second kappa shape index (κ2) is 11.8. The molecule has 0 radical (unpaired) electrons. The number of carbonyl (C=O) groups is 2. The molecule has 150 valence electrons. The average molecular weight is 419 g/mol. The smallest absolute Gasteiger partial charge is 0.242 e. The highest BCUT2D eigenvalue weighted by molar-refractivity contribution is 7.98. The number of nitrogens with one attached hydrogen (secondary N) is 1. The Morgan fingerprint density at radius 3 is 2.39 bits per heavy atom. The van der Waals surface area contributed by atoms with E-state index in [-0.39, 0.29) is 11.8 Å². The van der Waals surface area contributed by atoms with Crippen LogP contribution < -0.4 is 5.32 Å². The number of nitrogens with zero attached hydrogens (tertiary/aromatic N) is 1. The van der Waals surface area contributed by atoms with Gasteiger partial charge in [-0.1, -0.05) is 54.1 Å². The molecule has 2 amide bonds. The third-order valence-electron chi connectivity index (χ3n) is 4.36. The summed E-state index contributed by atoms with van der Waals surface area (Å²) >= 11 is 7.68. The van der Waals surface area contributed by atoms with Gasteiger partial charge in [-0.05, 0) is 37.1 Å². The predicted octanol–water partition coefficient (Wildman–Crippen LogP) is 4.52. The molecule has 0 aliphatic rings. The first-order chi connectivity index (χ1) is 13.5. The van der Waals surface area contributed by atoms with Crippen LogP contribution in [0.4, 0.5) is 0 Å². The molecule has 4 nitrogen and oxygen atoms in total. The summed E-state index contributed by atoms with van der Waals surface area (Å²) < 4.78 is 0. The van der Waals surface area contributed by atoms with E-state index in [1.807, 2.05) is 37.3 Å². The normalized spacial score (nSPS) is 11.7. The van der Waals surface area contributed by atoms with Gasteiger partial charge in [0.2, 0.25) is 11.8 Å². The number of hydrogen-bond acceptors (Lipinski definition) is 3. The van der Waals surface area contributed by atoms with Gasteiger partial charge in [0.25, 0.3) is 0 Å². The van der Waals surface area contributed by atoms with Gasteiger partial charge in [-0.3, -0.25) is 9.59 Å². The van der Waals surface area contributed by atoms with Crippen molar-refractivity contribution >= 4 is 35.2 Å². The minimum atomic E-state index is -0.526. The van der Waals surface area contributed by atoms with Crippen molar-refractivity contribution in [2.45, 2.75) is 38.6 Å². The maximum atomic E-state index is 12.9. The van der Waals surface area contributed by atoms with E-state index in [0.717, 1.165) is 11.3 Å². The Balaban J connectivity index is 1.96. The summed E-state index contributed by atoms with van der Waals surface area (Å²) in [5.41, 5.74) is 2.19. The zero-order chi connectivity index (χ0) is 20.4. The summed E-state index contributed by atoms with van der Waals surface area (Å²) in [7, 11) is 0. The summed E-state index contributed by atoms with van der Waals surface area (Å²) in [5.74, 6) is 1.43. The lowest BCUT2D eigenvalue weighted by atomic mass is 10.1. The van der Waals surface area contributed by atoms with Crippen molar-refractivity contribution in [3.63, 3.8) is 0 Å². The fourth-order valence-electron chi connectivity index (χ4n) is 2.76. The third kappa shape index (κ3) is 7.21. The Bertz CT molecular complexity index is 753. The minimum absolute atomic E-state index is 0.0192. The van der Waals surface area contributed by atoms with Gasteiger partial charge in [-0.25, -0.2) is 0 Å². The van der Waals surface area contributed by atoms with E-state index in [0.29, 0.717) is 30.3 Å². The Hall–Kier alpha value is -1.98. The maximum absolute atomic E-state index is 12.9. The molecule has 2 rings (SSSR count). The second-order valence-electron chi connectivity index (χ2n) is 6.51. The Kier molecular flexibility index (Phi) is 9.38. The molecule has 0 aliphatic heterocycles. The summed E-state index contributed by atoms with van der Waals surface area (Å²) in [6.45, 7) is 4.57. The number of rotatable bonds is 10. The molecule has 0 bridgehead atoms. The van der Waals surface area contributed by atoms with Crippen LogP contribution in [0.3, 0.4) is 0 Å². The van der Waals surface area contributed by atoms with Gasteiger partial charge in [-0.2, -0.15) is 11.8 Å². The molecular weight excluding hydrogens is 392 g/mol. The molecular formula is C22H27ClN2O2S. The molecule has 2 aromatic rings. The van der Waals surface area contributed by atoms with E-state index in [1.54, 1.807) is 35.7 Å². The number of amides is 2. The van der Waals surface area contributed by atoms with E-state index in [9.17, 15) is 9.59 Å². The molecule has 28 heavy (non-hydrogen) atoms. The van der Waals surface area contributed by atoms with Crippen molar-refractivity contribution in [2.24, 2.45) is 0 Å². The first-order valence-electron chi connectivity index (χ1n) is 9.44. The standard InChI is InChI=1S/C22H27ClN2O2S/c1-3-24-22(27)17(2)25(15-18-9-11-20(23)12-10-18)21(26)13-14-28-16-19-7-5-4-6-8-19/h4-12,17H,3,13-16H2,1-2H3,(H,24,27)/t17-/m1/s1. The lowest BCUT2D eigenvalue weighted by Gasteiger charge is -2.28. The molecule has 0 saturated carbocycles. The molecule has 6 heteroatoms. The number of halogens is 1. The summed E-state index contributed by atoms with van der Waals surface area (Å²) in [6.07, 6.45) is 0.398. The molecule has 0 heterocycles. The molecule has 1 atom stereocenters. The van der Waals surface area contributed by atoms with Crippen molar-refractivity contribution in [1.29, 1.82) is 0 Å². The number of thioether (sulfide) groups is 1. The van der Waals surface area contributed by atoms with Gasteiger partial charge in [-0.15, -0.1) is 0 Å². The lowest BCUT2D eigenvalue weighted by Crippen LogP contribution is -2.47. The van der Waals surface area contributed by atoms with Crippen molar-refractivity contribution in [1.82, 2.24) is 10.2 Å². The SMILES string of the molecule is CCNC(=O)[C@@H](C)N(Cc1ccc(Cl)cc1)C(=O)CCSCc1ccccc1. The summed E-state index contributed by atoms with van der Waals surface area (Å²) in [4.78, 5) is 26.8. The topological polar surface area (TPSA) is 49.4 Å². The molecule has 0 aliphatic carbocycles. The van der Waals surface area contributed by atoms with Gasteiger partial charge >= 0.3 is 0 Å². The highest BCUT2D eigenvalue weighted by Gasteiger charge is 2.25. The summed E-state index contributed by atoms with van der Waals surface area (Å²) in [5, 5.41) is 3.45. The van der Waals surface area contributed by atoms with Gasteiger partial charge in [0.15, 0.2) is 0 Å². The van der Waals surface area contributed by atoms with Crippen LogP contribution in [-0.2, 0) is 21.9 Å². The molecule has 0 unspecified atom stereocenters. The van der Waals surface area contributed by atoms with Crippen LogP contribution >= 0.6 is 23.4 Å². The van der Waals surface area contributed by atoms with Crippen LogP contribution in [0.25, 0.3) is 0 Å². The van der Waals surface area contributed by atoms with Crippen molar-refractivity contribution in [2.75, 3.05) is 12.3 Å². The Labute approximate surface area is 176 Å². The molecule has 0 spiro atoms. The van der Waals surface area contributed by atoms with Crippen LogP contribution in [0.2, 0.25) is 5.02 Å². The monoisotopic (exact) mass is 418 g/mol. The number of carbonyl (C=O) groups excluding carboxylic acids is 2. The molecule has 0 aromatic heterocycles. The van der Waals surface area contributed by atoms with Crippen molar-refractivity contribution < 1.29 is 9.59 Å². The van der Waals surface area contributed by atoms with E-state index >= 15 is 0 Å². The third-order valence-corrected chi connectivity index (χ3v) is 5.64. The van der Waals surface area contributed by atoms with Crippen molar-refractivity contribution in [3.8, 4) is 0 Å². The van der Waals surface area contributed by atoms with E-state index in [1.165, 1.54) is 5.56 Å². The van der Waals surface area contributed by atoms with E-state index < -0.39 is 6.04 Å². The maximum Gasteiger partial charge on any atom is 0.242 e. The van der Waals surface area contributed by atoms with Crippen LogP contribution in [0, 0.1) is 0 Å². The molecule has 1 N–H and O–H groups in total. The number of likely N-dealkylation sites (N-methyl/N-ethyl adjacent to an activating group) is 1. The van der Waals surface area contributed by atoms with E-state index in [4.69, 9.17) is 11.6 Å². The van der Waals surface area contributed by atoms with Crippen LogP contribution in [0.1, 0.15) is 31.4 Å². The van der Waals surface area contributed by atoms with Gasteiger partial charge in [0.1, 0.15) is 6.04 Å². The van der Waals surface area contributed by atoms with Gasteiger partial charge in [0, 0.05) is 36.0 Å². The fraction of sp³-hybridized carbons (Fsp3) is 0.364. The predicted molar refractivity (Wildman–Crippen MR) is 117 cm³/mol. The van der Waals surface area contributed by atoms with Gasteiger partial charge < -0.3 is 10.2 Å². The largest absolute Gasteiger partial charge is 0.355 e. The van der Waals surface area contributed by atoms with Crippen LogP contribution in [0.5, 0.6) is 0 Å². The molecule has 2 aromatic carbocycles. The zero-order valence-electron chi connectivity index (χ0n) is 16.4. The molecule has 0 fully saturated rings. The molecule has 0 saturated heterocycles. The zero-order valence-corrected chi connectivity index (χ0v) is 17.9. The Morgan fingerprint density at radius 1 is 1.07 bits per heavy atom. The quantitative estimate of drug-likeness (QED) is 0.577. The number of hydrogen-bond donors (Lipinski definition) is 1. The van der Waals surface area contributed by atoms with Gasteiger partial charge in [0.05, 0.1) is 0 Å². The Morgan fingerprint density at radius 2 is 1.75 bits per heavy atom. The summed E-state index contributed by atoms with van der Waals surface area (Å²) in [6, 6.07) is 17.0. The van der Waals surface area contributed by atoms with Crippen LogP contribution in [0.15, 0.2) is 54.6 Å². The minimum Gasteiger partial charge on any atom is -0.355 e. The van der Waals surface area contributed by atoms with Crippen molar-refractivity contribution in [3.05, 3.63) is 70.7 Å². The number of benzene rings is 2. The highest BCUT2D eigenvalue weighted by Crippen LogP contribution is 2.17. The fourth-order valence-corrected chi connectivity index (χ4v) is 3.78.